The lowest BCUT2D eigenvalue weighted by Crippen LogP contribution is -2.09. The highest BCUT2D eigenvalue weighted by Gasteiger charge is 2.17. The number of thioether (sulfide) groups is 1. The molecule has 23 heavy (non-hydrogen) atoms. The molecule has 0 spiro atoms. The molecule has 3 nitrogen and oxygen atoms in total. The van der Waals surface area contributed by atoms with E-state index < -0.39 is 0 Å². The molecule has 0 N–H and O–H groups in total. The molecule has 0 heterocycles. The molecule has 2 aromatic carbocycles. The zero-order valence-corrected chi connectivity index (χ0v) is 15.2. The molecule has 0 bridgehead atoms. The summed E-state index contributed by atoms with van der Waals surface area (Å²) in [5, 5.41) is 0.156. The topological polar surface area (TPSA) is 23.6 Å². The molecule has 4 heteroatoms. The maximum absolute atomic E-state index is 11.7. The predicted molar refractivity (Wildman–Crippen MR) is 102 cm³/mol. The van der Waals surface area contributed by atoms with Gasteiger partial charge in [-0.2, -0.15) is 0 Å². The minimum absolute atomic E-state index is 0.0277. The Morgan fingerprint density at radius 1 is 0.783 bits per heavy atom. The summed E-state index contributed by atoms with van der Waals surface area (Å²) in [7, 11) is 8.10. The summed E-state index contributed by atoms with van der Waals surface area (Å²) in [6, 6.07) is 16.8. The molecule has 0 aliphatic carbocycles. The van der Waals surface area contributed by atoms with Crippen molar-refractivity contribution in [1.29, 1.82) is 0 Å². The van der Waals surface area contributed by atoms with Gasteiger partial charge in [-0.1, -0.05) is 36.0 Å². The van der Waals surface area contributed by atoms with E-state index in [-0.39, 0.29) is 10.4 Å². The number of carbonyl (C=O) groups excluding carboxylic acids is 1. The minimum atomic E-state index is 0.0277. The summed E-state index contributed by atoms with van der Waals surface area (Å²) in [6.07, 6.45) is 0. The predicted octanol–water partition coefficient (Wildman–Crippen LogP) is 4.19. The van der Waals surface area contributed by atoms with E-state index in [0.717, 1.165) is 22.5 Å². The van der Waals surface area contributed by atoms with E-state index in [1.54, 1.807) is 6.92 Å². The molecule has 0 aliphatic rings. The van der Waals surface area contributed by atoms with Crippen LogP contribution >= 0.6 is 11.8 Å². The quantitative estimate of drug-likeness (QED) is 0.821. The van der Waals surface area contributed by atoms with Gasteiger partial charge < -0.3 is 9.80 Å². The zero-order chi connectivity index (χ0) is 17.0. The van der Waals surface area contributed by atoms with Gasteiger partial charge in [0.05, 0.1) is 5.25 Å². The first kappa shape index (κ1) is 17.4. The van der Waals surface area contributed by atoms with Crippen LogP contribution in [0.15, 0.2) is 48.5 Å². The average molecular weight is 328 g/mol. The van der Waals surface area contributed by atoms with Crippen LogP contribution < -0.4 is 9.80 Å². The second-order valence-corrected chi connectivity index (χ2v) is 7.24. The third kappa shape index (κ3) is 4.52. The number of anilines is 2. The van der Waals surface area contributed by atoms with E-state index in [4.69, 9.17) is 0 Å². The lowest BCUT2D eigenvalue weighted by Gasteiger charge is -2.19. The maximum Gasteiger partial charge on any atom is 0.186 e. The number of carbonyl (C=O) groups is 1. The lowest BCUT2D eigenvalue weighted by atomic mass is 10.0. The summed E-state index contributed by atoms with van der Waals surface area (Å²) >= 11 is 1.37. The molecule has 0 radical (unpaired) electrons. The van der Waals surface area contributed by atoms with Crippen molar-refractivity contribution in [2.45, 2.75) is 12.2 Å². The first-order valence-corrected chi connectivity index (χ1v) is 8.48. The van der Waals surface area contributed by atoms with Crippen LogP contribution in [0.2, 0.25) is 0 Å². The number of rotatable bonds is 5. The normalized spacial score (nSPS) is 10.7. The molecule has 0 saturated carbocycles. The largest absolute Gasteiger partial charge is 0.378 e. The molecule has 122 valence electrons. The van der Waals surface area contributed by atoms with Crippen LogP contribution in [0.4, 0.5) is 11.4 Å². The van der Waals surface area contributed by atoms with Crippen molar-refractivity contribution < 1.29 is 4.79 Å². The van der Waals surface area contributed by atoms with Crippen LogP contribution in [0.3, 0.4) is 0 Å². The third-order valence-electron chi connectivity index (χ3n) is 3.71. The van der Waals surface area contributed by atoms with Crippen LogP contribution in [-0.2, 0) is 4.79 Å². The van der Waals surface area contributed by atoms with Crippen molar-refractivity contribution in [2.75, 3.05) is 38.0 Å². The first-order valence-electron chi connectivity index (χ1n) is 7.60. The highest BCUT2D eigenvalue weighted by atomic mass is 32.2. The Bertz CT molecular complexity index is 597. The summed E-state index contributed by atoms with van der Waals surface area (Å²) < 4.78 is 0. The van der Waals surface area contributed by atoms with Gasteiger partial charge in [-0.15, -0.1) is 0 Å². The fourth-order valence-corrected chi connectivity index (χ4v) is 3.31. The number of hydrogen-bond acceptors (Lipinski definition) is 4. The fraction of sp³-hybridized carbons (Fsp3) is 0.316. The van der Waals surface area contributed by atoms with E-state index >= 15 is 0 Å². The molecule has 0 saturated heterocycles. The van der Waals surface area contributed by atoms with Gasteiger partial charge in [-0.3, -0.25) is 4.79 Å². The van der Waals surface area contributed by atoms with Crippen molar-refractivity contribution in [1.82, 2.24) is 0 Å². The fourth-order valence-electron chi connectivity index (χ4n) is 2.39. The highest BCUT2D eigenvalue weighted by Crippen LogP contribution is 2.37. The van der Waals surface area contributed by atoms with Crippen LogP contribution in [-0.4, -0.2) is 33.3 Å². The Balaban J connectivity index is 2.34. The molecular weight excluding hydrogens is 304 g/mol. The molecule has 0 amide bonds. The van der Waals surface area contributed by atoms with Crippen molar-refractivity contribution in [3.8, 4) is 0 Å². The van der Waals surface area contributed by atoms with Crippen molar-refractivity contribution in [3.63, 3.8) is 0 Å². The molecule has 0 atom stereocenters. The second kappa shape index (κ2) is 7.55. The summed E-state index contributed by atoms with van der Waals surface area (Å²) in [5.41, 5.74) is 4.60. The van der Waals surface area contributed by atoms with E-state index in [0.29, 0.717) is 0 Å². The lowest BCUT2D eigenvalue weighted by molar-refractivity contribution is -0.109. The van der Waals surface area contributed by atoms with Crippen LogP contribution in [0.25, 0.3) is 0 Å². The third-order valence-corrected chi connectivity index (χ3v) is 4.82. The molecule has 0 unspecified atom stereocenters. The van der Waals surface area contributed by atoms with Gasteiger partial charge >= 0.3 is 0 Å². The summed E-state index contributed by atoms with van der Waals surface area (Å²) in [4.78, 5) is 15.8. The van der Waals surface area contributed by atoms with Crippen molar-refractivity contribution in [2.24, 2.45) is 0 Å². The Morgan fingerprint density at radius 3 is 1.39 bits per heavy atom. The summed E-state index contributed by atoms with van der Waals surface area (Å²) in [6.45, 7) is 1.63. The molecular formula is C19H24N2OS. The van der Waals surface area contributed by atoms with Gasteiger partial charge in [-0.05, 0) is 35.4 Å². The monoisotopic (exact) mass is 328 g/mol. The summed E-state index contributed by atoms with van der Waals surface area (Å²) in [5.74, 6) is 0. The van der Waals surface area contributed by atoms with Gasteiger partial charge in [0.2, 0.25) is 0 Å². The van der Waals surface area contributed by atoms with Gasteiger partial charge in [0.25, 0.3) is 0 Å². The van der Waals surface area contributed by atoms with Gasteiger partial charge in [0.1, 0.15) is 0 Å². The van der Waals surface area contributed by atoms with Crippen molar-refractivity contribution in [3.05, 3.63) is 59.7 Å². The Labute approximate surface area is 143 Å². The van der Waals surface area contributed by atoms with Crippen LogP contribution in [0, 0.1) is 0 Å². The SMILES string of the molecule is CC(=O)SC(c1ccc(N(C)C)cc1)c1ccc(N(C)C)cc1. The van der Waals surface area contributed by atoms with Gasteiger partial charge in [0, 0.05) is 46.5 Å². The number of hydrogen-bond donors (Lipinski definition) is 0. The molecule has 0 aliphatic heterocycles. The van der Waals surface area contributed by atoms with E-state index in [2.05, 4.69) is 58.3 Å². The highest BCUT2D eigenvalue weighted by molar-refractivity contribution is 8.13. The minimum Gasteiger partial charge on any atom is -0.378 e. The second-order valence-electron chi connectivity index (χ2n) is 5.96. The Morgan fingerprint density at radius 2 is 1.13 bits per heavy atom. The zero-order valence-electron chi connectivity index (χ0n) is 14.4. The smallest absolute Gasteiger partial charge is 0.186 e. The molecule has 2 aromatic rings. The average Bonchev–Trinajstić information content (AvgIpc) is 2.52. The Hall–Kier alpha value is -1.94. The number of benzene rings is 2. The first-order chi connectivity index (χ1) is 10.9. The van der Waals surface area contributed by atoms with E-state index in [1.807, 2.05) is 28.2 Å². The standard InChI is InChI=1S/C19H24N2OS/c1-14(22)23-19(15-6-10-17(11-7-15)20(2)3)16-8-12-18(13-9-16)21(4)5/h6-13,19H,1-5H3. The molecule has 2 rings (SSSR count). The maximum atomic E-state index is 11.7. The molecule has 0 fully saturated rings. The van der Waals surface area contributed by atoms with Gasteiger partial charge in [0.15, 0.2) is 5.12 Å². The Kier molecular flexibility index (Phi) is 5.72. The number of nitrogens with zero attached hydrogens (tertiary/aromatic N) is 2. The van der Waals surface area contributed by atoms with E-state index in [1.165, 1.54) is 11.8 Å². The van der Waals surface area contributed by atoms with Gasteiger partial charge in [-0.25, -0.2) is 0 Å². The van der Waals surface area contributed by atoms with Crippen molar-refractivity contribution >= 4 is 28.3 Å². The molecule has 0 aromatic heterocycles. The van der Waals surface area contributed by atoms with E-state index in [9.17, 15) is 4.79 Å². The van der Waals surface area contributed by atoms with Crippen LogP contribution in [0.5, 0.6) is 0 Å². The van der Waals surface area contributed by atoms with Crippen LogP contribution in [0.1, 0.15) is 23.3 Å².